The smallest absolute Gasteiger partial charge is 0.140 e. The van der Waals surface area contributed by atoms with Gasteiger partial charge in [-0.2, -0.15) is 0 Å². The lowest BCUT2D eigenvalue weighted by molar-refractivity contribution is -0.123. The summed E-state index contributed by atoms with van der Waals surface area (Å²) < 4.78 is 0. The van der Waals surface area contributed by atoms with Gasteiger partial charge in [-0.15, -0.1) is 0 Å². The molecular formula is C20H24O. The van der Waals surface area contributed by atoms with E-state index in [1.807, 2.05) is 0 Å². The number of hydrogen-bond donors (Lipinski definition) is 0. The molecule has 1 aliphatic rings. The highest BCUT2D eigenvalue weighted by Crippen LogP contribution is 2.34. The minimum Gasteiger partial charge on any atom is -0.299 e. The zero-order valence-electron chi connectivity index (χ0n) is 13.0. The van der Waals surface area contributed by atoms with Crippen LogP contribution in [0.4, 0.5) is 0 Å². The molecule has 3 rings (SSSR count). The van der Waals surface area contributed by atoms with Crippen LogP contribution in [0.2, 0.25) is 0 Å². The van der Waals surface area contributed by atoms with Gasteiger partial charge in [0, 0.05) is 12.3 Å². The van der Waals surface area contributed by atoms with Gasteiger partial charge in [0.1, 0.15) is 5.78 Å². The average Bonchev–Trinajstić information content (AvgIpc) is 2.50. The molecule has 3 unspecified atom stereocenters. The molecule has 3 atom stereocenters. The molecule has 1 fully saturated rings. The molecule has 0 N–H and O–H groups in total. The molecule has 1 aliphatic carbocycles. The summed E-state index contributed by atoms with van der Waals surface area (Å²) >= 11 is 0. The number of fused-ring (bicyclic) bond motifs is 1. The summed E-state index contributed by atoms with van der Waals surface area (Å²) in [6.07, 6.45) is 3.94. The van der Waals surface area contributed by atoms with Crippen LogP contribution in [0.1, 0.15) is 38.7 Å². The van der Waals surface area contributed by atoms with Gasteiger partial charge in [-0.3, -0.25) is 4.79 Å². The average molecular weight is 280 g/mol. The van der Waals surface area contributed by atoms with Gasteiger partial charge in [0.25, 0.3) is 0 Å². The quantitative estimate of drug-likeness (QED) is 0.771. The molecule has 0 saturated heterocycles. The summed E-state index contributed by atoms with van der Waals surface area (Å²) in [7, 11) is 0. The molecule has 0 aliphatic heterocycles. The Balaban J connectivity index is 1.78. The topological polar surface area (TPSA) is 17.1 Å². The summed E-state index contributed by atoms with van der Waals surface area (Å²) in [5.41, 5.74) is 1.18. The number of carbonyl (C=O) groups excluding carboxylic acids is 1. The predicted molar refractivity (Wildman–Crippen MR) is 88.3 cm³/mol. The number of benzene rings is 2. The van der Waals surface area contributed by atoms with Crippen LogP contribution in [-0.2, 0) is 11.2 Å². The van der Waals surface area contributed by atoms with Gasteiger partial charge in [-0.25, -0.2) is 0 Å². The van der Waals surface area contributed by atoms with Crippen molar-refractivity contribution < 1.29 is 4.79 Å². The fourth-order valence-electron chi connectivity index (χ4n) is 3.62. The van der Waals surface area contributed by atoms with Crippen LogP contribution in [0.3, 0.4) is 0 Å². The van der Waals surface area contributed by atoms with Crippen LogP contribution in [-0.4, -0.2) is 5.78 Å². The van der Waals surface area contributed by atoms with Crippen LogP contribution < -0.4 is 0 Å². The Morgan fingerprint density at radius 2 is 1.76 bits per heavy atom. The van der Waals surface area contributed by atoms with E-state index in [1.54, 1.807) is 0 Å². The molecule has 1 nitrogen and oxygen atoms in total. The highest BCUT2D eigenvalue weighted by Gasteiger charge is 2.29. The lowest BCUT2D eigenvalue weighted by Crippen LogP contribution is -2.27. The maximum Gasteiger partial charge on any atom is 0.140 e. The zero-order chi connectivity index (χ0) is 14.8. The highest BCUT2D eigenvalue weighted by molar-refractivity contribution is 5.91. The monoisotopic (exact) mass is 280 g/mol. The molecule has 1 saturated carbocycles. The van der Waals surface area contributed by atoms with Crippen molar-refractivity contribution in [2.24, 2.45) is 17.8 Å². The van der Waals surface area contributed by atoms with Crippen molar-refractivity contribution in [2.45, 2.75) is 39.5 Å². The SMILES string of the molecule is CC1CCC(C(=O)Cc2cccc3ccccc23)CC1C. The van der Waals surface area contributed by atoms with Crippen LogP contribution in [0, 0.1) is 17.8 Å². The van der Waals surface area contributed by atoms with Gasteiger partial charge in [0.15, 0.2) is 0 Å². The summed E-state index contributed by atoms with van der Waals surface area (Å²) in [6.45, 7) is 4.61. The largest absolute Gasteiger partial charge is 0.299 e. The van der Waals surface area contributed by atoms with Crippen molar-refractivity contribution in [3.63, 3.8) is 0 Å². The van der Waals surface area contributed by atoms with E-state index < -0.39 is 0 Å². The van der Waals surface area contributed by atoms with Crippen LogP contribution in [0.15, 0.2) is 42.5 Å². The fourth-order valence-corrected chi connectivity index (χ4v) is 3.62. The van der Waals surface area contributed by atoms with Gasteiger partial charge in [0.05, 0.1) is 0 Å². The number of ketones is 1. The highest BCUT2D eigenvalue weighted by atomic mass is 16.1. The Kier molecular flexibility index (Phi) is 4.10. The summed E-state index contributed by atoms with van der Waals surface area (Å²) in [4.78, 5) is 12.7. The molecule has 0 radical (unpaired) electrons. The number of hydrogen-bond acceptors (Lipinski definition) is 1. The summed E-state index contributed by atoms with van der Waals surface area (Å²) in [5.74, 6) is 2.16. The molecule has 21 heavy (non-hydrogen) atoms. The second-order valence-corrected chi connectivity index (χ2v) is 6.75. The third kappa shape index (κ3) is 3.02. The number of carbonyl (C=O) groups is 1. The lowest BCUT2D eigenvalue weighted by atomic mass is 9.73. The first-order valence-corrected chi connectivity index (χ1v) is 8.14. The van der Waals surface area contributed by atoms with Crippen molar-refractivity contribution >= 4 is 16.6 Å². The Morgan fingerprint density at radius 1 is 1.00 bits per heavy atom. The standard InChI is InChI=1S/C20H24O/c1-14-10-11-18(12-15(14)2)20(21)13-17-8-5-7-16-6-3-4-9-19(16)17/h3-9,14-15,18H,10-13H2,1-2H3. The van der Waals surface area contributed by atoms with Crippen molar-refractivity contribution in [3.05, 3.63) is 48.0 Å². The summed E-state index contributed by atoms with van der Waals surface area (Å²) in [6, 6.07) is 14.6. The second-order valence-electron chi connectivity index (χ2n) is 6.75. The Morgan fingerprint density at radius 3 is 2.57 bits per heavy atom. The Bertz CT molecular complexity index is 638. The van der Waals surface area contributed by atoms with E-state index in [1.165, 1.54) is 22.8 Å². The minimum atomic E-state index is 0.273. The van der Waals surface area contributed by atoms with E-state index >= 15 is 0 Å². The van der Waals surface area contributed by atoms with Gasteiger partial charge in [0.2, 0.25) is 0 Å². The van der Waals surface area contributed by atoms with Crippen LogP contribution in [0.5, 0.6) is 0 Å². The number of rotatable bonds is 3. The normalized spacial score (nSPS) is 25.9. The molecule has 2 aromatic carbocycles. The first-order valence-electron chi connectivity index (χ1n) is 8.14. The van der Waals surface area contributed by atoms with Crippen molar-refractivity contribution in [2.75, 3.05) is 0 Å². The second kappa shape index (κ2) is 6.01. The molecule has 0 aromatic heterocycles. The van der Waals surface area contributed by atoms with Crippen LogP contribution in [0.25, 0.3) is 10.8 Å². The van der Waals surface area contributed by atoms with E-state index in [4.69, 9.17) is 0 Å². The van der Waals surface area contributed by atoms with Gasteiger partial charge in [-0.1, -0.05) is 56.3 Å². The van der Waals surface area contributed by atoms with Crippen LogP contribution >= 0.6 is 0 Å². The first-order chi connectivity index (χ1) is 10.1. The van der Waals surface area contributed by atoms with Crippen molar-refractivity contribution in [1.29, 1.82) is 0 Å². The van der Waals surface area contributed by atoms with Gasteiger partial charge in [-0.05, 0) is 47.4 Å². The first kappa shape index (κ1) is 14.3. The van der Waals surface area contributed by atoms with Crippen molar-refractivity contribution in [1.82, 2.24) is 0 Å². The molecule has 0 heterocycles. The van der Waals surface area contributed by atoms with E-state index in [0.29, 0.717) is 18.1 Å². The van der Waals surface area contributed by atoms with E-state index in [9.17, 15) is 4.79 Å². The third-order valence-electron chi connectivity index (χ3n) is 5.30. The van der Waals surface area contributed by atoms with E-state index in [-0.39, 0.29) is 5.92 Å². The van der Waals surface area contributed by atoms with Crippen molar-refractivity contribution in [3.8, 4) is 0 Å². The maximum absolute atomic E-state index is 12.7. The molecular weight excluding hydrogens is 256 g/mol. The van der Waals surface area contributed by atoms with E-state index in [2.05, 4.69) is 56.3 Å². The molecule has 110 valence electrons. The Labute approximate surface area is 127 Å². The molecule has 0 spiro atoms. The summed E-state index contributed by atoms with van der Waals surface area (Å²) in [5, 5.41) is 2.46. The lowest BCUT2D eigenvalue weighted by Gasteiger charge is -2.31. The molecule has 2 aromatic rings. The van der Waals surface area contributed by atoms with Gasteiger partial charge >= 0.3 is 0 Å². The third-order valence-corrected chi connectivity index (χ3v) is 5.30. The fraction of sp³-hybridized carbons (Fsp3) is 0.450. The molecule has 0 bridgehead atoms. The zero-order valence-corrected chi connectivity index (χ0v) is 13.0. The number of Topliss-reactive ketones (excluding diaryl/α,β-unsaturated/α-hetero) is 1. The molecule has 0 amide bonds. The predicted octanol–water partition coefficient (Wildman–Crippen LogP) is 5.02. The minimum absolute atomic E-state index is 0.273. The molecule has 1 heteroatoms. The maximum atomic E-state index is 12.7. The van der Waals surface area contributed by atoms with Gasteiger partial charge < -0.3 is 0 Å². The van der Waals surface area contributed by atoms with E-state index in [0.717, 1.165) is 18.8 Å². The Hall–Kier alpha value is -1.63.